The fraction of sp³-hybridized carbons (Fsp3) is 0.286. The van der Waals surface area contributed by atoms with Crippen LogP contribution >= 0.6 is 0 Å². The predicted molar refractivity (Wildman–Crippen MR) is 106 cm³/mol. The number of ether oxygens (including phenoxy) is 1. The van der Waals surface area contributed by atoms with Crippen LogP contribution in [0.3, 0.4) is 0 Å². The largest absolute Gasteiger partial charge is 0.368 e. The minimum atomic E-state index is -0.402. The Bertz CT molecular complexity index is 959. The zero-order chi connectivity index (χ0) is 19.3. The van der Waals surface area contributed by atoms with E-state index in [0.717, 1.165) is 29.7 Å². The summed E-state index contributed by atoms with van der Waals surface area (Å²) in [7, 11) is 0. The van der Waals surface area contributed by atoms with Crippen LogP contribution in [0.2, 0.25) is 0 Å². The van der Waals surface area contributed by atoms with Crippen molar-refractivity contribution in [2.75, 3.05) is 18.5 Å². The van der Waals surface area contributed by atoms with E-state index in [1.807, 2.05) is 24.3 Å². The van der Waals surface area contributed by atoms with E-state index in [9.17, 15) is 9.59 Å². The molecule has 3 aromatic rings. The molecule has 2 amide bonds. The highest BCUT2D eigenvalue weighted by atomic mass is 16.5. The van der Waals surface area contributed by atoms with E-state index >= 15 is 0 Å². The van der Waals surface area contributed by atoms with Crippen molar-refractivity contribution < 1.29 is 14.3 Å². The summed E-state index contributed by atoms with van der Waals surface area (Å²) in [4.78, 5) is 32.3. The van der Waals surface area contributed by atoms with Crippen molar-refractivity contribution in [3.63, 3.8) is 0 Å². The number of carbonyl (C=O) groups is 2. The van der Waals surface area contributed by atoms with Gasteiger partial charge in [-0.25, -0.2) is 4.98 Å². The summed E-state index contributed by atoms with van der Waals surface area (Å²) in [5.74, 6) is 0.475. The number of carbonyl (C=O) groups excluding carboxylic acids is 2. The maximum atomic E-state index is 12.4. The zero-order valence-electron chi connectivity index (χ0n) is 15.4. The molecule has 0 spiro atoms. The van der Waals surface area contributed by atoms with Crippen molar-refractivity contribution in [2.45, 2.75) is 25.4 Å². The van der Waals surface area contributed by atoms with E-state index < -0.39 is 6.10 Å². The van der Waals surface area contributed by atoms with Crippen LogP contribution in [0.1, 0.15) is 29.0 Å². The Morgan fingerprint density at radius 1 is 1.18 bits per heavy atom. The van der Waals surface area contributed by atoms with Crippen LogP contribution in [-0.2, 0) is 16.0 Å². The predicted octanol–water partition coefficient (Wildman–Crippen LogP) is 2.65. The molecule has 7 nitrogen and oxygen atoms in total. The number of hydrogen-bond acceptors (Lipinski definition) is 4. The number of anilines is 1. The number of rotatable bonds is 6. The molecule has 28 heavy (non-hydrogen) atoms. The second-order valence-corrected chi connectivity index (χ2v) is 6.78. The molecule has 144 valence electrons. The Morgan fingerprint density at radius 2 is 2.07 bits per heavy atom. The van der Waals surface area contributed by atoms with Gasteiger partial charge in [-0.15, -0.1) is 0 Å². The summed E-state index contributed by atoms with van der Waals surface area (Å²) < 4.78 is 5.38. The number of aromatic amines is 1. The summed E-state index contributed by atoms with van der Waals surface area (Å²) in [6, 6.07) is 14.7. The van der Waals surface area contributed by atoms with Gasteiger partial charge in [-0.05, 0) is 43.2 Å². The van der Waals surface area contributed by atoms with Crippen molar-refractivity contribution >= 4 is 28.5 Å². The van der Waals surface area contributed by atoms with Gasteiger partial charge >= 0.3 is 0 Å². The van der Waals surface area contributed by atoms with Gasteiger partial charge in [-0.3, -0.25) is 9.59 Å². The first kappa shape index (κ1) is 18.2. The lowest BCUT2D eigenvalue weighted by Gasteiger charge is -2.11. The van der Waals surface area contributed by atoms with Crippen LogP contribution in [0.4, 0.5) is 5.69 Å². The fourth-order valence-corrected chi connectivity index (χ4v) is 3.27. The quantitative estimate of drug-likeness (QED) is 0.614. The van der Waals surface area contributed by atoms with Gasteiger partial charge in [0.1, 0.15) is 11.9 Å². The first-order valence-corrected chi connectivity index (χ1v) is 9.43. The lowest BCUT2D eigenvalue weighted by Crippen LogP contribution is -2.28. The highest BCUT2D eigenvalue weighted by Gasteiger charge is 2.23. The Balaban J connectivity index is 1.32. The van der Waals surface area contributed by atoms with E-state index in [1.54, 1.807) is 24.3 Å². The summed E-state index contributed by atoms with van der Waals surface area (Å²) in [5.41, 5.74) is 2.98. The molecular formula is C21H22N4O3. The van der Waals surface area contributed by atoms with Crippen molar-refractivity contribution in [1.29, 1.82) is 0 Å². The normalized spacial score (nSPS) is 16.2. The Hall–Kier alpha value is -3.19. The number of nitrogens with zero attached hydrogens (tertiary/aromatic N) is 1. The highest BCUT2D eigenvalue weighted by molar-refractivity contribution is 5.98. The maximum Gasteiger partial charge on any atom is 0.253 e. The van der Waals surface area contributed by atoms with Crippen LogP contribution in [0, 0.1) is 0 Å². The summed E-state index contributed by atoms with van der Waals surface area (Å²) in [6.07, 6.45) is 1.83. The van der Waals surface area contributed by atoms with Gasteiger partial charge in [0.2, 0.25) is 0 Å². The first-order valence-electron chi connectivity index (χ1n) is 9.43. The number of amides is 2. The van der Waals surface area contributed by atoms with Crippen LogP contribution in [0.5, 0.6) is 0 Å². The Kier molecular flexibility index (Phi) is 5.34. The maximum absolute atomic E-state index is 12.4. The molecule has 1 unspecified atom stereocenters. The van der Waals surface area contributed by atoms with E-state index in [4.69, 9.17) is 4.74 Å². The molecule has 3 N–H and O–H groups in total. The van der Waals surface area contributed by atoms with E-state index in [2.05, 4.69) is 20.6 Å². The van der Waals surface area contributed by atoms with E-state index in [-0.39, 0.29) is 11.8 Å². The molecule has 0 aliphatic carbocycles. The number of hydrogen-bond donors (Lipinski definition) is 3. The molecule has 0 radical (unpaired) electrons. The number of para-hydroxylation sites is 2. The van der Waals surface area contributed by atoms with Gasteiger partial charge in [0, 0.05) is 30.8 Å². The fourth-order valence-electron chi connectivity index (χ4n) is 3.27. The van der Waals surface area contributed by atoms with Crippen LogP contribution in [0.25, 0.3) is 11.0 Å². The number of nitrogens with one attached hydrogen (secondary N) is 3. The van der Waals surface area contributed by atoms with Gasteiger partial charge in [0.15, 0.2) is 0 Å². The number of benzene rings is 2. The molecule has 1 fully saturated rings. The summed E-state index contributed by atoms with van der Waals surface area (Å²) in [6.45, 7) is 1.08. The molecule has 1 aliphatic heterocycles. The highest BCUT2D eigenvalue weighted by Crippen LogP contribution is 2.16. The standard InChI is InChI=1S/C21H22N4O3/c26-20(22-11-10-19-24-16-7-1-2-8-17(16)25-19)14-5-3-6-15(13-14)23-21(27)18-9-4-12-28-18/h1-3,5-8,13,18H,4,9-12H2,(H,22,26)(H,23,27)(H,24,25). The third-order valence-electron chi connectivity index (χ3n) is 4.70. The molecular weight excluding hydrogens is 356 g/mol. The monoisotopic (exact) mass is 378 g/mol. The van der Waals surface area contributed by atoms with Gasteiger partial charge in [-0.1, -0.05) is 18.2 Å². The van der Waals surface area contributed by atoms with Crippen molar-refractivity contribution in [3.8, 4) is 0 Å². The molecule has 1 saturated heterocycles. The van der Waals surface area contributed by atoms with Gasteiger partial charge in [0.25, 0.3) is 11.8 Å². The Labute approximate surface area is 162 Å². The molecule has 1 atom stereocenters. The first-order chi connectivity index (χ1) is 13.7. The van der Waals surface area contributed by atoms with Gasteiger partial charge in [-0.2, -0.15) is 0 Å². The number of imidazole rings is 1. The van der Waals surface area contributed by atoms with Gasteiger partial charge in [0.05, 0.1) is 11.0 Å². The van der Waals surface area contributed by atoms with Gasteiger partial charge < -0.3 is 20.4 Å². The average Bonchev–Trinajstić information content (AvgIpc) is 3.37. The molecule has 0 bridgehead atoms. The molecule has 1 aromatic heterocycles. The molecule has 0 saturated carbocycles. The topological polar surface area (TPSA) is 96.1 Å². The minimum Gasteiger partial charge on any atom is -0.368 e. The van der Waals surface area contributed by atoms with Crippen molar-refractivity contribution in [2.24, 2.45) is 0 Å². The van der Waals surface area contributed by atoms with E-state index in [0.29, 0.717) is 30.8 Å². The summed E-state index contributed by atoms with van der Waals surface area (Å²) in [5, 5.41) is 5.71. The lowest BCUT2D eigenvalue weighted by atomic mass is 10.1. The molecule has 2 heterocycles. The van der Waals surface area contributed by atoms with Crippen molar-refractivity contribution in [3.05, 3.63) is 59.9 Å². The lowest BCUT2D eigenvalue weighted by molar-refractivity contribution is -0.124. The third kappa shape index (κ3) is 4.20. The number of H-pyrrole nitrogens is 1. The zero-order valence-corrected chi connectivity index (χ0v) is 15.4. The minimum absolute atomic E-state index is 0.167. The molecule has 1 aliphatic rings. The molecule has 2 aromatic carbocycles. The number of fused-ring (bicyclic) bond motifs is 1. The smallest absolute Gasteiger partial charge is 0.253 e. The molecule has 7 heteroatoms. The van der Waals surface area contributed by atoms with Crippen molar-refractivity contribution in [1.82, 2.24) is 15.3 Å². The second-order valence-electron chi connectivity index (χ2n) is 6.78. The Morgan fingerprint density at radius 3 is 2.89 bits per heavy atom. The second kappa shape index (κ2) is 8.22. The summed E-state index contributed by atoms with van der Waals surface area (Å²) >= 11 is 0. The SMILES string of the molecule is O=C(NCCc1nc2ccccc2[nH]1)c1cccc(NC(=O)C2CCCO2)c1. The average molecular weight is 378 g/mol. The van der Waals surface area contributed by atoms with Crippen LogP contribution in [0.15, 0.2) is 48.5 Å². The third-order valence-corrected chi connectivity index (χ3v) is 4.70. The molecule has 4 rings (SSSR count). The van der Waals surface area contributed by atoms with Crippen LogP contribution < -0.4 is 10.6 Å². The number of aromatic nitrogens is 2. The van der Waals surface area contributed by atoms with Crippen LogP contribution in [-0.4, -0.2) is 41.0 Å². The van der Waals surface area contributed by atoms with E-state index in [1.165, 1.54) is 0 Å².